The highest BCUT2D eigenvalue weighted by molar-refractivity contribution is 5.43. The standard InChI is InChI=1S/C14H20N6O/c1-3-7-19(2)12-8-13(21)20(17-9-12)10-11-5-4-6-16-14(11)18-15/h4-6,8-9H,3,7,10,15H2,1-2H3,(H,16,18). The summed E-state index contributed by atoms with van der Waals surface area (Å²) in [5, 5.41) is 4.22. The van der Waals surface area contributed by atoms with Gasteiger partial charge in [0.25, 0.3) is 5.56 Å². The van der Waals surface area contributed by atoms with E-state index in [1.165, 1.54) is 4.68 Å². The fourth-order valence-corrected chi connectivity index (χ4v) is 2.07. The highest BCUT2D eigenvalue weighted by Crippen LogP contribution is 2.11. The molecular weight excluding hydrogens is 268 g/mol. The summed E-state index contributed by atoms with van der Waals surface area (Å²) in [4.78, 5) is 18.3. The predicted octanol–water partition coefficient (Wildman–Crippen LogP) is 0.818. The van der Waals surface area contributed by atoms with Crippen LogP contribution in [0.5, 0.6) is 0 Å². The zero-order valence-corrected chi connectivity index (χ0v) is 12.3. The molecule has 7 heteroatoms. The van der Waals surface area contributed by atoms with E-state index in [2.05, 4.69) is 22.4 Å². The molecule has 2 aromatic rings. The van der Waals surface area contributed by atoms with E-state index in [-0.39, 0.29) is 5.56 Å². The Kier molecular flexibility index (Phi) is 4.89. The van der Waals surface area contributed by atoms with Crippen molar-refractivity contribution in [1.82, 2.24) is 14.8 Å². The molecule has 2 heterocycles. The van der Waals surface area contributed by atoms with E-state index in [4.69, 9.17) is 5.84 Å². The Bertz CT molecular complexity index is 654. The molecule has 0 amide bonds. The lowest BCUT2D eigenvalue weighted by Gasteiger charge is -2.18. The molecular formula is C14H20N6O. The second-order valence-electron chi connectivity index (χ2n) is 4.79. The summed E-state index contributed by atoms with van der Waals surface area (Å²) in [5.74, 6) is 5.95. The lowest BCUT2D eigenvalue weighted by molar-refractivity contribution is 0.636. The van der Waals surface area contributed by atoms with Gasteiger partial charge in [-0.2, -0.15) is 5.10 Å². The Labute approximate surface area is 123 Å². The largest absolute Gasteiger partial charge is 0.373 e. The molecule has 0 aliphatic heterocycles. The van der Waals surface area contributed by atoms with Crippen LogP contribution in [0.1, 0.15) is 18.9 Å². The van der Waals surface area contributed by atoms with Gasteiger partial charge in [-0.1, -0.05) is 13.0 Å². The molecule has 112 valence electrons. The number of rotatable bonds is 6. The van der Waals surface area contributed by atoms with E-state index >= 15 is 0 Å². The number of nitrogens with zero attached hydrogens (tertiary/aromatic N) is 4. The van der Waals surface area contributed by atoms with Crippen LogP contribution in [0.3, 0.4) is 0 Å². The number of hydrazine groups is 1. The number of pyridine rings is 1. The molecule has 0 unspecified atom stereocenters. The van der Waals surface area contributed by atoms with Crippen molar-refractivity contribution in [1.29, 1.82) is 0 Å². The van der Waals surface area contributed by atoms with Gasteiger partial charge in [0.15, 0.2) is 0 Å². The van der Waals surface area contributed by atoms with Crippen LogP contribution in [0.2, 0.25) is 0 Å². The van der Waals surface area contributed by atoms with Crippen molar-refractivity contribution in [2.75, 3.05) is 23.9 Å². The molecule has 0 fully saturated rings. The Morgan fingerprint density at radius 3 is 2.95 bits per heavy atom. The fourth-order valence-electron chi connectivity index (χ4n) is 2.07. The van der Waals surface area contributed by atoms with Crippen LogP contribution in [0.4, 0.5) is 11.5 Å². The van der Waals surface area contributed by atoms with Crippen molar-refractivity contribution in [3.8, 4) is 0 Å². The van der Waals surface area contributed by atoms with E-state index in [1.54, 1.807) is 24.5 Å². The molecule has 0 aliphatic rings. The third kappa shape index (κ3) is 3.57. The van der Waals surface area contributed by atoms with Crippen LogP contribution in [-0.4, -0.2) is 28.4 Å². The maximum absolute atomic E-state index is 12.2. The minimum absolute atomic E-state index is 0.151. The van der Waals surface area contributed by atoms with Crippen molar-refractivity contribution in [3.63, 3.8) is 0 Å². The van der Waals surface area contributed by atoms with Crippen molar-refractivity contribution in [3.05, 3.63) is 46.5 Å². The second-order valence-corrected chi connectivity index (χ2v) is 4.79. The summed E-state index contributed by atoms with van der Waals surface area (Å²) >= 11 is 0. The first-order chi connectivity index (χ1) is 10.2. The molecule has 7 nitrogen and oxygen atoms in total. The lowest BCUT2D eigenvalue weighted by atomic mass is 10.2. The first-order valence-electron chi connectivity index (χ1n) is 6.84. The highest BCUT2D eigenvalue weighted by Gasteiger charge is 2.07. The Morgan fingerprint density at radius 2 is 2.29 bits per heavy atom. The number of aromatic nitrogens is 3. The summed E-state index contributed by atoms with van der Waals surface area (Å²) in [7, 11) is 1.95. The summed E-state index contributed by atoms with van der Waals surface area (Å²) in [6.07, 6.45) is 4.35. The number of hydrogen-bond donors (Lipinski definition) is 2. The molecule has 0 spiro atoms. The van der Waals surface area contributed by atoms with Crippen LogP contribution in [0, 0.1) is 0 Å². The van der Waals surface area contributed by atoms with E-state index in [0.29, 0.717) is 12.4 Å². The fraction of sp³-hybridized carbons (Fsp3) is 0.357. The molecule has 0 bridgehead atoms. The number of anilines is 2. The minimum atomic E-state index is -0.151. The molecule has 0 radical (unpaired) electrons. The zero-order valence-electron chi connectivity index (χ0n) is 12.3. The van der Waals surface area contributed by atoms with Gasteiger partial charge in [-0.15, -0.1) is 0 Å². The molecule has 2 aromatic heterocycles. The molecule has 2 rings (SSSR count). The molecule has 21 heavy (non-hydrogen) atoms. The van der Waals surface area contributed by atoms with Gasteiger partial charge in [-0.3, -0.25) is 4.79 Å². The summed E-state index contributed by atoms with van der Waals surface area (Å²) in [6, 6.07) is 5.24. The van der Waals surface area contributed by atoms with Crippen LogP contribution in [0.25, 0.3) is 0 Å². The first-order valence-corrected chi connectivity index (χ1v) is 6.84. The number of nitrogen functional groups attached to an aromatic ring is 1. The van der Waals surface area contributed by atoms with Crippen molar-refractivity contribution >= 4 is 11.5 Å². The quantitative estimate of drug-likeness (QED) is 0.604. The molecule has 3 N–H and O–H groups in total. The molecule has 0 aromatic carbocycles. The van der Waals surface area contributed by atoms with Gasteiger partial charge in [0.2, 0.25) is 0 Å². The third-order valence-electron chi connectivity index (χ3n) is 3.20. The van der Waals surface area contributed by atoms with Gasteiger partial charge in [-0.05, 0) is 12.5 Å². The van der Waals surface area contributed by atoms with Crippen molar-refractivity contribution in [2.24, 2.45) is 5.84 Å². The third-order valence-corrected chi connectivity index (χ3v) is 3.20. The average Bonchev–Trinajstić information content (AvgIpc) is 2.50. The molecule has 0 aliphatic carbocycles. The van der Waals surface area contributed by atoms with Crippen molar-refractivity contribution in [2.45, 2.75) is 19.9 Å². The first kappa shape index (κ1) is 15.0. The Balaban J connectivity index is 2.24. The van der Waals surface area contributed by atoms with Crippen LogP contribution < -0.4 is 21.7 Å². The average molecular weight is 288 g/mol. The van der Waals surface area contributed by atoms with Gasteiger partial charge < -0.3 is 10.3 Å². The smallest absolute Gasteiger partial charge is 0.269 e. The van der Waals surface area contributed by atoms with Crippen molar-refractivity contribution < 1.29 is 0 Å². The topological polar surface area (TPSA) is 89.1 Å². The van der Waals surface area contributed by atoms with Gasteiger partial charge in [-0.25, -0.2) is 15.5 Å². The van der Waals surface area contributed by atoms with Gasteiger partial charge in [0.05, 0.1) is 18.4 Å². The monoisotopic (exact) mass is 288 g/mol. The van der Waals surface area contributed by atoms with Crippen LogP contribution in [-0.2, 0) is 6.54 Å². The highest BCUT2D eigenvalue weighted by atomic mass is 16.1. The van der Waals surface area contributed by atoms with Gasteiger partial charge in [0, 0.05) is 31.4 Å². The number of hydrogen-bond acceptors (Lipinski definition) is 6. The number of nitrogens with one attached hydrogen (secondary N) is 1. The predicted molar refractivity (Wildman–Crippen MR) is 83.2 cm³/mol. The Hall–Kier alpha value is -2.41. The normalized spacial score (nSPS) is 10.4. The van der Waals surface area contributed by atoms with E-state index in [0.717, 1.165) is 24.2 Å². The molecule has 0 atom stereocenters. The zero-order chi connectivity index (χ0) is 15.2. The summed E-state index contributed by atoms with van der Waals surface area (Å²) in [5.41, 5.74) is 4.00. The summed E-state index contributed by atoms with van der Waals surface area (Å²) < 4.78 is 1.39. The van der Waals surface area contributed by atoms with E-state index in [9.17, 15) is 4.79 Å². The van der Waals surface area contributed by atoms with Crippen LogP contribution in [0.15, 0.2) is 35.4 Å². The SMILES string of the molecule is CCCN(C)c1cnn(Cc2cccnc2NN)c(=O)c1. The summed E-state index contributed by atoms with van der Waals surface area (Å²) in [6.45, 7) is 3.30. The molecule has 0 saturated heterocycles. The molecule has 0 saturated carbocycles. The van der Waals surface area contributed by atoms with E-state index in [1.807, 2.05) is 18.0 Å². The second kappa shape index (κ2) is 6.85. The van der Waals surface area contributed by atoms with Gasteiger partial charge in [0.1, 0.15) is 5.82 Å². The maximum Gasteiger partial charge on any atom is 0.269 e. The van der Waals surface area contributed by atoms with Gasteiger partial charge >= 0.3 is 0 Å². The van der Waals surface area contributed by atoms with E-state index < -0.39 is 0 Å². The Morgan fingerprint density at radius 1 is 1.48 bits per heavy atom. The maximum atomic E-state index is 12.2. The number of nitrogens with two attached hydrogens (primary N) is 1. The van der Waals surface area contributed by atoms with Crippen LogP contribution >= 0.6 is 0 Å². The minimum Gasteiger partial charge on any atom is -0.373 e. The lowest BCUT2D eigenvalue weighted by Crippen LogP contribution is -2.27.